The van der Waals surface area contributed by atoms with E-state index in [4.69, 9.17) is 0 Å². The van der Waals surface area contributed by atoms with Crippen LogP contribution in [-0.2, 0) is 20.1 Å². The number of fused-ring (bicyclic) bond motifs is 4. The van der Waals surface area contributed by atoms with Gasteiger partial charge in [0, 0.05) is 12.1 Å². The molecule has 2 heterocycles. The lowest BCUT2D eigenvalue weighted by molar-refractivity contribution is -0.00642. The Kier molecular flexibility index (Phi) is 6.23. The molecule has 3 aliphatic rings. The molecule has 2 aliphatic heterocycles. The SMILES string of the molecule is CCCCC1(C2(S(=O)(=O)CCCC)c3ccccc3-c3ccccc32)c2ccccc2C(=O)N1C1CCN1. The molecule has 1 saturated heterocycles. The van der Waals surface area contributed by atoms with Crippen LogP contribution in [0, 0.1) is 0 Å². The molecule has 1 aliphatic carbocycles. The van der Waals surface area contributed by atoms with Gasteiger partial charge in [0.25, 0.3) is 5.91 Å². The van der Waals surface area contributed by atoms with Crippen molar-refractivity contribution in [2.24, 2.45) is 0 Å². The van der Waals surface area contributed by atoms with Gasteiger partial charge in [-0.3, -0.25) is 10.1 Å². The number of rotatable bonds is 9. The third-order valence-corrected chi connectivity index (χ3v) is 11.5. The first-order chi connectivity index (χ1) is 18.5. The molecule has 1 fully saturated rings. The van der Waals surface area contributed by atoms with Gasteiger partial charge in [-0.15, -0.1) is 0 Å². The summed E-state index contributed by atoms with van der Waals surface area (Å²) < 4.78 is 29.0. The molecule has 0 spiro atoms. The van der Waals surface area contributed by atoms with Crippen LogP contribution in [0.1, 0.15) is 79.4 Å². The minimum Gasteiger partial charge on any atom is -0.311 e. The van der Waals surface area contributed by atoms with Crippen LogP contribution in [-0.4, -0.2) is 37.7 Å². The van der Waals surface area contributed by atoms with Gasteiger partial charge in [0.2, 0.25) is 0 Å². The highest BCUT2D eigenvalue weighted by Gasteiger charge is 2.71. The molecule has 1 amide bonds. The van der Waals surface area contributed by atoms with Gasteiger partial charge in [0.15, 0.2) is 14.6 Å². The van der Waals surface area contributed by atoms with Crippen LogP contribution in [0.4, 0.5) is 0 Å². The van der Waals surface area contributed by atoms with Crippen molar-refractivity contribution in [2.75, 3.05) is 12.3 Å². The Labute approximate surface area is 226 Å². The number of sulfone groups is 1. The minimum atomic E-state index is -3.82. The van der Waals surface area contributed by atoms with Gasteiger partial charge in [-0.2, -0.15) is 0 Å². The average molecular weight is 529 g/mol. The molecule has 6 heteroatoms. The van der Waals surface area contributed by atoms with Crippen LogP contribution < -0.4 is 5.32 Å². The van der Waals surface area contributed by atoms with E-state index in [2.05, 4.69) is 12.2 Å². The summed E-state index contributed by atoms with van der Waals surface area (Å²) >= 11 is 0. The summed E-state index contributed by atoms with van der Waals surface area (Å²) in [7, 11) is -3.82. The van der Waals surface area contributed by atoms with Crippen LogP contribution in [0.25, 0.3) is 11.1 Å². The molecule has 6 rings (SSSR count). The fraction of sp³-hybridized carbons (Fsp3) is 0.406. The van der Waals surface area contributed by atoms with E-state index in [0.717, 1.165) is 60.0 Å². The van der Waals surface area contributed by atoms with Gasteiger partial charge >= 0.3 is 0 Å². The van der Waals surface area contributed by atoms with Gasteiger partial charge in [0.05, 0.1) is 17.5 Å². The van der Waals surface area contributed by atoms with E-state index in [9.17, 15) is 4.79 Å². The highest BCUT2D eigenvalue weighted by atomic mass is 32.2. The van der Waals surface area contributed by atoms with Crippen LogP contribution in [0.15, 0.2) is 72.8 Å². The number of nitrogens with one attached hydrogen (secondary N) is 1. The molecule has 1 N–H and O–H groups in total. The van der Waals surface area contributed by atoms with E-state index in [-0.39, 0.29) is 17.8 Å². The standard InChI is InChI=1S/C32H36N2O3S/c1-3-5-20-31(26-16-10-9-15-25(26)30(35)34(31)29-19-21-33-29)32(38(36,37)22-6-4-2)27-17-11-7-13-23(27)24-14-8-12-18-28(24)32/h7-18,29,33H,3-6,19-22H2,1-2H3. The van der Waals surface area contributed by atoms with Crippen molar-refractivity contribution < 1.29 is 13.2 Å². The lowest BCUT2D eigenvalue weighted by atomic mass is 9.69. The average Bonchev–Trinajstić information content (AvgIpc) is 3.35. The fourth-order valence-corrected chi connectivity index (χ4v) is 10.1. The predicted molar refractivity (Wildman–Crippen MR) is 152 cm³/mol. The van der Waals surface area contributed by atoms with E-state index < -0.39 is 20.1 Å². The molecule has 0 radical (unpaired) electrons. The summed E-state index contributed by atoms with van der Waals surface area (Å²) in [5, 5.41) is 3.48. The van der Waals surface area contributed by atoms with Crippen molar-refractivity contribution in [3.63, 3.8) is 0 Å². The normalized spacial score (nSPS) is 23.1. The van der Waals surface area contributed by atoms with Crippen molar-refractivity contribution in [3.8, 4) is 11.1 Å². The Balaban J connectivity index is 1.81. The molecular formula is C32H36N2O3S. The number of benzene rings is 3. The fourth-order valence-electron chi connectivity index (χ4n) is 7.31. The number of hydrogen-bond acceptors (Lipinski definition) is 4. The van der Waals surface area contributed by atoms with Gasteiger partial charge in [-0.05, 0) is 53.1 Å². The Morgan fingerprint density at radius 2 is 1.34 bits per heavy atom. The van der Waals surface area contributed by atoms with E-state index in [1.54, 1.807) is 0 Å². The van der Waals surface area contributed by atoms with Crippen LogP contribution >= 0.6 is 0 Å². The van der Waals surface area contributed by atoms with Crippen molar-refractivity contribution in [3.05, 3.63) is 95.1 Å². The number of unbranched alkanes of at least 4 members (excludes halogenated alkanes) is 2. The van der Waals surface area contributed by atoms with Crippen LogP contribution in [0.2, 0.25) is 0 Å². The molecule has 2 atom stereocenters. The van der Waals surface area contributed by atoms with E-state index in [0.29, 0.717) is 18.4 Å². The molecule has 0 aromatic heterocycles. The summed E-state index contributed by atoms with van der Waals surface area (Å²) in [4.78, 5) is 16.3. The lowest BCUT2D eigenvalue weighted by Crippen LogP contribution is -2.69. The summed E-state index contributed by atoms with van der Waals surface area (Å²) in [5.41, 5.74) is 3.92. The molecule has 0 bridgehead atoms. The third kappa shape index (κ3) is 3.13. The molecule has 0 saturated carbocycles. The first-order valence-corrected chi connectivity index (χ1v) is 15.7. The minimum absolute atomic E-state index is 0.0687. The van der Waals surface area contributed by atoms with E-state index in [1.165, 1.54) is 0 Å². The summed E-state index contributed by atoms with van der Waals surface area (Å²) in [6.07, 6.45) is 4.24. The Morgan fingerprint density at radius 3 is 1.87 bits per heavy atom. The van der Waals surface area contributed by atoms with Crippen molar-refractivity contribution >= 4 is 15.7 Å². The quantitative estimate of drug-likeness (QED) is 0.371. The zero-order chi connectivity index (χ0) is 26.5. The zero-order valence-electron chi connectivity index (χ0n) is 22.2. The largest absolute Gasteiger partial charge is 0.311 e. The first kappa shape index (κ1) is 25.3. The Morgan fingerprint density at radius 1 is 0.816 bits per heavy atom. The van der Waals surface area contributed by atoms with Crippen molar-refractivity contribution in [2.45, 2.75) is 68.8 Å². The van der Waals surface area contributed by atoms with E-state index >= 15 is 8.42 Å². The van der Waals surface area contributed by atoms with Gasteiger partial charge in [0.1, 0.15) is 0 Å². The number of nitrogens with zero attached hydrogens (tertiary/aromatic N) is 1. The molecular weight excluding hydrogens is 492 g/mol. The maximum Gasteiger partial charge on any atom is 0.256 e. The number of carbonyl (C=O) groups is 1. The molecule has 38 heavy (non-hydrogen) atoms. The highest BCUT2D eigenvalue weighted by molar-refractivity contribution is 7.92. The molecule has 3 aromatic rings. The van der Waals surface area contributed by atoms with Gasteiger partial charge in [-0.25, -0.2) is 8.42 Å². The summed E-state index contributed by atoms with van der Waals surface area (Å²) in [6.45, 7) is 4.99. The lowest BCUT2D eigenvalue weighted by Gasteiger charge is -2.56. The summed E-state index contributed by atoms with van der Waals surface area (Å²) in [5.74, 6) is 0.00309. The predicted octanol–water partition coefficient (Wildman–Crippen LogP) is 5.99. The monoisotopic (exact) mass is 528 g/mol. The number of carbonyl (C=O) groups excluding carboxylic acids is 1. The van der Waals surface area contributed by atoms with Crippen LogP contribution in [0.5, 0.6) is 0 Å². The second-order valence-corrected chi connectivity index (χ2v) is 13.1. The molecule has 198 valence electrons. The van der Waals surface area contributed by atoms with Crippen LogP contribution in [0.3, 0.4) is 0 Å². The second kappa shape index (κ2) is 9.35. The molecule has 2 unspecified atom stereocenters. The first-order valence-electron chi connectivity index (χ1n) is 14.0. The zero-order valence-corrected chi connectivity index (χ0v) is 23.1. The number of hydrogen-bond donors (Lipinski definition) is 1. The smallest absolute Gasteiger partial charge is 0.256 e. The van der Waals surface area contributed by atoms with Crippen molar-refractivity contribution in [1.82, 2.24) is 10.2 Å². The maximum absolute atomic E-state index is 15.2. The number of amides is 1. The molecule has 3 aromatic carbocycles. The van der Waals surface area contributed by atoms with Crippen molar-refractivity contribution in [1.29, 1.82) is 0 Å². The molecule has 5 nitrogen and oxygen atoms in total. The third-order valence-electron chi connectivity index (χ3n) is 8.95. The van der Waals surface area contributed by atoms with Gasteiger partial charge in [-0.1, -0.05) is 99.8 Å². The maximum atomic E-state index is 15.2. The highest BCUT2D eigenvalue weighted by Crippen LogP contribution is 2.66. The van der Waals surface area contributed by atoms with Gasteiger partial charge < -0.3 is 4.90 Å². The second-order valence-electron chi connectivity index (χ2n) is 10.9. The topological polar surface area (TPSA) is 66.5 Å². The Hall–Kier alpha value is -2.96. The Bertz CT molecular complexity index is 1450. The summed E-state index contributed by atoms with van der Waals surface area (Å²) in [6, 6.07) is 23.8. The van der Waals surface area contributed by atoms with E-state index in [1.807, 2.05) is 84.6 Å².